The molecule has 0 aliphatic carbocycles. The molecule has 0 saturated heterocycles. The number of Topliss-reactive ketones (excluding diaryl/α,β-unsaturated/α-hetero) is 11. The summed E-state index contributed by atoms with van der Waals surface area (Å²) in [5.74, 6) is -11.3. The van der Waals surface area contributed by atoms with Gasteiger partial charge in [-0.2, -0.15) is 0 Å². The summed E-state index contributed by atoms with van der Waals surface area (Å²) in [5, 5.41) is 37.9. The van der Waals surface area contributed by atoms with Crippen molar-refractivity contribution >= 4 is 111 Å². The first-order valence-corrected chi connectivity index (χ1v) is 21.5. The second kappa shape index (κ2) is 61.1. The third-order valence-corrected chi connectivity index (χ3v) is 5.59. The number of carbonyl (C=O) groups excluding carboxylic acids is 19. The van der Waals surface area contributed by atoms with Crippen molar-refractivity contribution in [2.75, 3.05) is 26.4 Å². The maximum atomic E-state index is 10.6. The van der Waals surface area contributed by atoms with Gasteiger partial charge in [-0.15, -0.1) is 0 Å². The van der Waals surface area contributed by atoms with Crippen molar-refractivity contribution in [3.05, 3.63) is 0 Å². The Hall–Kier alpha value is -7.16. The van der Waals surface area contributed by atoms with Crippen LogP contribution in [0.4, 0.5) is 0 Å². The van der Waals surface area contributed by atoms with E-state index in [1.54, 1.807) is 27.7 Å². The van der Waals surface area contributed by atoms with Gasteiger partial charge in [0.1, 0.15) is 95.2 Å². The van der Waals surface area contributed by atoms with Gasteiger partial charge in [-0.05, 0) is 104 Å². The zero-order valence-electron chi connectivity index (χ0n) is 45.1. The minimum absolute atomic E-state index is 0. The molecule has 0 aromatic rings. The molecule has 0 bridgehead atoms. The molecule has 0 aliphatic rings. The van der Waals surface area contributed by atoms with Crippen molar-refractivity contribution < 1.29 is 152 Å². The molecule has 0 amide bonds. The first-order valence-electron chi connectivity index (χ1n) is 21.5. The van der Waals surface area contributed by atoms with Crippen LogP contribution in [0.1, 0.15) is 155 Å². The first-order chi connectivity index (χ1) is 33.6. The van der Waals surface area contributed by atoms with Gasteiger partial charge in [0.05, 0.1) is 26.4 Å². The quantitative estimate of drug-likeness (QED) is 0.0436. The van der Waals surface area contributed by atoms with Crippen molar-refractivity contribution in [2.24, 2.45) is 5.92 Å². The fourth-order valence-electron chi connectivity index (χ4n) is 3.33. The SMILES string of the molecule is CC(=O)C(C(C)=O)C(C)=O.CC(=O)CC(=O)[O-].CC(=O)CC(=O)[O-].CC(=O)CC(=O)[O-].CC(=O)CC(=O)[O-].CCOC(=O)CC(C)=O.CCOC(=O)CC(C)=O.CCOC(=O)CC(C)=O.CCOC(=O)CC(C)=O.[Ti+4]. The third kappa shape index (κ3) is 118. The van der Waals surface area contributed by atoms with E-state index < -0.39 is 79.4 Å². The number of rotatable bonds is 23. The molecule has 0 spiro atoms. The molecule has 28 heteroatoms. The van der Waals surface area contributed by atoms with Gasteiger partial charge < -0.3 is 58.6 Å². The molecule has 0 fully saturated rings. The molecule has 0 saturated carbocycles. The number of carboxylic acid groups (broad SMARTS) is 4. The number of aliphatic carboxylic acids is 4. The number of carboxylic acids is 4. The number of carbonyl (C=O) groups is 19. The van der Waals surface area contributed by atoms with Crippen molar-refractivity contribution in [3.8, 4) is 0 Å². The number of hydrogen-bond acceptors (Lipinski definition) is 27. The number of ketones is 11. The standard InChI is InChI=1S/C7H10O3.4C6H10O3.4C4H6O3.Ti/c1-4(8)7(5(2)9)6(3)10;4*1-3-9-6(8)4-5(2)7;4*1-3(5)2-4(6)7;/h7H,1-3H3;4*3-4H2,1-2H3;4*2H2,1H3,(H,6,7);/q;;;;;;;;;+4/p-4. The molecule has 0 aromatic carbocycles. The van der Waals surface area contributed by atoms with E-state index in [1.165, 1.54) is 76.2 Å². The second-order valence-electron chi connectivity index (χ2n) is 14.0. The molecule has 0 N–H and O–H groups in total. The predicted octanol–water partition coefficient (Wildman–Crippen LogP) is -2.66. The Labute approximate surface area is 449 Å². The molecule has 0 atom stereocenters. The van der Waals surface area contributed by atoms with Crippen molar-refractivity contribution in [1.29, 1.82) is 0 Å². The Morgan fingerprint density at radius 3 is 0.427 bits per heavy atom. The average Bonchev–Trinajstić information content (AvgIpc) is 3.13. The van der Waals surface area contributed by atoms with Gasteiger partial charge in [0.15, 0.2) is 0 Å². The minimum Gasteiger partial charge on any atom is -0.550 e. The fraction of sp³-hybridized carbons (Fsp3) is 0.596. The summed E-state index contributed by atoms with van der Waals surface area (Å²) < 4.78 is 18.0. The van der Waals surface area contributed by atoms with Crippen molar-refractivity contribution in [2.45, 2.75) is 155 Å². The maximum absolute atomic E-state index is 10.6. The van der Waals surface area contributed by atoms with Gasteiger partial charge in [-0.3, -0.25) is 71.9 Å². The van der Waals surface area contributed by atoms with Crippen LogP contribution in [-0.2, 0) is 132 Å². The molecule has 0 aromatic heterocycles. The van der Waals surface area contributed by atoms with E-state index in [-0.39, 0.29) is 111 Å². The van der Waals surface area contributed by atoms with Crippen molar-refractivity contribution in [1.82, 2.24) is 0 Å². The normalized spacial score (nSPS) is 8.48. The summed E-state index contributed by atoms with van der Waals surface area (Å²) in [6, 6.07) is 0. The molecule has 0 radical (unpaired) electrons. The molecule has 0 aliphatic heterocycles. The van der Waals surface area contributed by atoms with Crippen LogP contribution in [-0.4, -0.2) is 138 Å². The van der Waals surface area contributed by atoms with Gasteiger partial charge >= 0.3 is 45.6 Å². The summed E-state index contributed by atoms with van der Waals surface area (Å²) in [6.45, 7) is 22.2. The molecule has 0 rings (SSSR count). The van der Waals surface area contributed by atoms with Crippen LogP contribution in [0.15, 0.2) is 0 Å². The molecule has 75 heavy (non-hydrogen) atoms. The van der Waals surface area contributed by atoms with E-state index in [9.17, 15) is 112 Å². The smallest absolute Gasteiger partial charge is 0.550 e. The topological polar surface area (TPSA) is 453 Å². The van der Waals surface area contributed by atoms with Gasteiger partial charge in [0.2, 0.25) is 0 Å². The predicted molar refractivity (Wildman–Crippen MR) is 244 cm³/mol. The zero-order chi connectivity index (χ0) is 60.9. The van der Waals surface area contributed by atoms with Crippen LogP contribution in [0.25, 0.3) is 0 Å². The Morgan fingerprint density at radius 1 is 0.267 bits per heavy atom. The van der Waals surface area contributed by atoms with Crippen LogP contribution in [0.5, 0.6) is 0 Å². The Kier molecular flexibility index (Phi) is 73.9. The average molecular weight is 1110 g/mol. The summed E-state index contributed by atoms with van der Waals surface area (Å²) >= 11 is 0. The summed E-state index contributed by atoms with van der Waals surface area (Å²) in [4.78, 5) is 192. The van der Waals surface area contributed by atoms with Crippen LogP contribution >= 0.6 is 0 Å². The number of esters is 4. The van der Waals surface area contributed by atoms with Crippen LogP contribution in [0.2, 0.25) is 0 Å². The summed E-state index contributed by atoms with van der Waals surface area (Å²) in [5.41, 5.74) is 0. The monoisotopic (exact) mass is 1110 g/mol. The fourth-order valence-corrected chi connectivity index (χ4v) is 3.33. The Bertz CT molecular complexity index is 1570. The van der Waals surface area contributed by atoms with Gasteiger partial charge in [-0.25, -0.2) is 0 Å². The number of hydrogen-bond donors (Lipinski definition) is 0. The zero-order valence-corrected chi connectivity index (χ0v) is 46.6. The summed E-state index contributed by atoms with van der Waals surface area (Å²) in [6.07, 6.45) is -2.30. The maximum Gasteiger partial charge on any atom is 4.00 e. The van der Waals surface area contributed by atoms with E-state index in [0.717, 1.165) is 0 Å². The molecular weight excluding hydrogens is 1040 g/mol. The van der Waals surface area contributed by atoms with E-state index in [0.29, 0.717) is 26.4 Å². The molecule has 0 unspecified atom stereocenters. The molecular formula is C47H70O27Ti. The van der Waals surface area contributed by atoms with Crippen molar-refractivity contribution in [3.63, 3.8) is 0 Å². The van der Waals surface area contributed by atoms with Gasteiger partial charge in [0, 0.05) is 49.6 Å². The largest absolute Gasteiger partial charge is 4.00 e. The van der Waals surface area contributed by atoms with E-state index in [1.807, 2.05) is 0 Å². The summed E-state index contributed by atoms with van der Waals surface area (Å²) in [7, 11) is 0. The van der Waals surface area contributed by atoms with E-state index >= 15 is 0 Å². The minimum atomic E-state index is -1.31. The van der Waals surface area contributed by atoms with Crippen LogP contribution in [0, 0.1) is 5.92 Å². The number of ether oxygens (including phenoxy) is 4. The van der Waals surface area contributed by atoms with Crippen LogP contribution < -0.4 is 20.4 Å². The Balaban J connectivity index is -0.0000000793. The second-order valence-corrected chi connectivity index (χ2v) is 14.0. The van der Waals surface area contributed by atoms with Gasteiger partial charge in [-0.1, -0.05) is 0 Å². The molecule has 27 nitrogen and oxygen atoms in total. The van der Waals surface area contributed by atoms with Crippen LogP contribution in [0.3, 0.4) is 0 Å². The Morgan fingerprint density at radius 2 is 0.387 bits per heavy atom. The first kappa shape index (κ1) is 90.6. The molecule has 0 heterocycles. The van der Waals surface area contributed by atoms with E-state index in [4.69, 9.17) is 0 Å². The third-order valence-electron chi connectivity index (χ3n) is 5.59. The van der Waals surface area contributed by atoms with Gasteiger partial charge in [0.25, 0.3) is 0 Å². The van der Waals surface area contributed by atoms with E-state index in [2.05, 4.69) is 18.9 Å². The molecule has 424 valence electrons.